The van der Waals surface area contributed by atoms with E-state index >= 15 is 0 Å². The van der Waals surface area contributed by atoms with Gasteiger partial charge in [-0.2, -0.15) is 13.2 Å². The summed E-state index contributed by atoms with van der Waals surface area (Å²) in [6.45, 7) is 10.9. The number of ether oxygens (including phenoxy) is 1. The van der Waals surface area contributed by atoms with Crippen LogP contribution in [0.25, 0.3) is 0 Å². The van der Waals surface area contributed by atoms with E-state index in [1.165, 1.54) is 0 Å². The highest BCUT2D eigenvalue weighted by molar-refractivity contribution is 6.74. The SMILES string of the molecule is CCOC(=O)CCC(O[Si](C)(C)C(C)(C)C)C(F)(F)F. The topological polar surface area (TPSA) is 35.5 Å². The Bertz CT molecular complexity index is 322. The van der Waals surface area contributed by atoms with E-state index in [2.05, 4.69) is 4.74 Å². The van der Waals surface area contributed by atoms with Crippen molar-refractivity contribution in [2.24, 2.45) is 0 Å². The summed E-state index contributed by atoms with van der Waals surface area (Å²) in [6.07, 6.45) is -7.06. The molecule has 1 unspecified atom stereocenters. The van der Waals surface area contributed by atoms with E-state index in [1.807, 2.05) is 20.8 Å². The van der Waals surface area contributed by atoms with E-state index in [0.29, 0.717) is 0 Å². The highest BCUT2D eigenvalue weighted by Crippen LogP contribution is 2.40. The number of carbonyl (C=O) groups is 1. The Labute approximate surface area is 120 Å². The van der Waals surface area contributed by atoms with E-state index in [0.717, 1.165) is 0 Å². The monoisotopic (exact) mass is 314 g/mol. The van der Waals surface area contributed by atoms with Crippen LogP contribution in [0.15, 0.2) is 0 Å². The third-order valence-electron chi connectivity index (χ3n) is 3.52. The fourth-order valence-electron chi connectivity index (χ4n) is 1.30. The number of rotatable bonds is 6. The third-order valence-corrected chi connectivity index (χ3v) is 8.01. The molecule has 0 amide bonds. The molecule has 0 radical (unpaired) electrons. The number of alkyl halides is 3. The van der Waals surface area contributed by atoms with Crippen LogP contribution in [0.3, 0.4) is 0 Å². The van der Waals surface area contributed by atoms with Gasteiger partial charge in [-0.3, -0.25) is 4.79 Å². The van der Waals surface area contributed by atoms with Crippen LogP contribution in [-0.2, 0) is 14.0 Å². The van der Waals surface area contributed by atoms with Crippen LogP contribution in [0.5, 0.6) is 0 Å². The Balaban J connectivity index is 4.81. The van der Waals surface area contributed by atoms with Crippen molar-refractivity contribution < 1.29 is 27.1 Å². The molecule has 0 N–H and O–H groups in total. The molecule has 3 nitrogen and oxygen atoms in total. The minimum absolute atomic E-state index is 0.165. The quantitative estimate of drug-likeness (QED) is 0.542. The molecule has 0 heterocycles. The molecule has 0 aliphatic rings. The largest absolute Gasteiger partial charge is 0.466 e. The van der Waals surface area contributed by atoms with E-state index in [1.54, 1.807) is 20.0 Å². The second kappa shape index (κ2) is 6.93. The second-order valence-corrected chi connectivity index (χ2v) is 11.0. The first-order chi connectivity index (χ1) is 8.81. The lowest BCUT2D eigenvalue weighted by atomic mass is 10.2. The summed E-state index contributed by atoms with van der Waals surface area (Å²) in [7, 11) is -2.54. The summed E-state index contributed by atoms with van der Waals surface area (Å²) in [4.78, 5) is 11.2. The van der Waals surface area contributed by atoms with Gasteiger partial charge in [-0.15, -0.1) is 0 Å². The zero-order chi connectivity index (χ0) is 16.2. The molecule has 0 fully saturated rings. The van der Waals surface area contributed by atoms with Crippen molar-refractivity contribution >= 4 is 14.3 Å². The lowest BCUT2D eigenvalue weighted by Gasteiger charge is -2.39. The summed E-state index contributed by atoms with van der Waals surface area (Å²) < 4.78 is 49.1. The molecular weight excluding hydrogens is 289 g/mol. The molecule has 1 atom stereocenters. The maximum atomic E-state index is 13.0. The first-order valence-electron chi connectivity index (χ1n) is 6.71. The number of hydrogen-bond donors (Lipinski definition) is 0. The maximum Gasteiger partial charge on any atom is 0.413 e. The van der Waals surface area contributed by atoms with Gasteiger partial charge in [0.05, 0.1) is 6.61 Å². The van der Waals surface area contributed by atoms with E-state index < -0.39 is 33.0 Å². The van der Waals surface area contributed by atoms with E-state index in [-0.39, 0.29) is 18.1 Å². The molecule has 0 bridgehead atoms. The number of carbonyl (C=O) groups excluding carboxylic acids is 1. The smallest absolute Gasteiger partial charge is 0.413 e. The Morgan fingerprint density at radius 1 is 1.20 bits per heavy atom. The highest BCUT2D eigenvalue weighted by Gasteiger charge is 2.47. The Hall–Kier alpha value is -0.563. The van der Waals surface area contributed by atoms with Crippen molar-refractivity contribution in [3.05, 3.63) is 0 Å². The molecule has 0 aromatic rings. The van der Waals surface area contributed by atoms with E-state index in [9.17, 15) is 18.0 Å². The van der Waals surface area contributed by atoms with Crippen molar-refractivity contribution in [3.63, 3.8) is 0 Å². The third kappa shape index (κ3) is 6.26. The Morgan fingerprint density at radius 2 is 1.70 bits per heavy atom. The van der Waals surface area contributed by atoms with E-state index in [4.69, 9.17) is 4.43 Å². The second-order valence-electron chi connectivity index (χ2n) is 6.25. The van der Waals surface area contributed by atoms with Crippen molar-refractivity contribution in [2.75, 3.05) is 6.61 Å². The molecule has 0 aliphatic carbocycles. The first-order valence-corrected chi connectivity index (χ1v) is 9.62. The zero-order valence-electron chi connectivity index (χ0n) is 13.1. The summed E-state index contributed by atoms with van der Waals surface area (Å²) in [5.74, 6) is -0.624. The van der Waals surface area contributed by atoms with Crippen LogP contribution in [0.1, 0.15) is 40.5 Å². The van der Waals surface area contributed by atoms with Gasteiger partial charge in [0.1, 0.15) is 6.10 Å². The minimum Gasteiger partial charge on any atom is -0.466 e. The standard InChI is InChI=1S/C13H25F3O3Si/c1-7-18-11(17)9-8-10(13(14,15)16)19-20(5,6)12(2,3)4/h10H,7-9H2,1-6H3. The average molecular weight is 314 g/mol. The molecule has 0 saturated heterocycles. The fourth-order valence-corrected chi connectivity index (χ4v) is 2.62. The normalized spacial score (nSPS) is 15.1. The predicted molar refractivity (Wildman–Crippen MR) is 74.0 cm³/mol. The van der Waals surface area contributed by atoms with Gasteiger partial charge in [-0.05, 0) is 31.5 Å². The van der Waals surface area contributed by atoms with Crippen LogP contribution in [0.4, 0.5) is 13.2 Å². The number of halogens is 3. The summed E-state index contributed by atoms with van der Waals surface area (Å²) in [6, 6.07) is 0. The number of hydrogen-bond acceptors (Lipinski definition) is 3. The van der Waals surface area contributed by atoms with Crippen molar-refractivity contribution in [1.29, 1.82) is 0 Å². The molecule has 120 valence electrons. The van der Waals surface area contributed by atoms with Crippen LogP contribution >= 0.6 is 0 Å². The molecule has 0 saturated carbocycles. The molecule has 0 aromatic carbocycles. The highest BCUT2D eigenvalue weighted by atomic mass is 28.4. The first kappa shape index (κ1) is 19.4. The molecule has 0 spiro atoms. The van der Waals surface area contributed by atoms with Crippen molar-refractivity contribution in [2.45, 2.75) is 70.9 Å². The van der Waals surface area contributed by atoms with Crippen molar-refractivity contribution in [3.8, 4) is 0 Å². The van der Waals surface area contributed by atoms with Crippen molar-refractivity contribution in [1.82, 2.24) is 0 Å². The van der Waals surface area contributed by atoms with Gasteiger partial charge in [0.25, 0.3) is 0 Å². The summed E-state index contributed by atoms with van der Waals surface area (Å²) in [5, 5.41) is -0.319. The van der Waals surface area contributed by atoms with Gasteiger partial charge in [0, 0.05) is 6.42 Å². The van der Waals surface area contributed by atoms with Gasteiger partial charge < -0.3 is 9.16 Å². The molecule has 0 rings (SSSR count). The van der Waals surface area contributed by atoms with Gasteiger partial charge in [0.2, 0.25) is 0 Å². The molecular formula is C13H25F3O3Si. The minimum atomic E-state index is -4.47. The van der Waals surface area contributed by atoms with Gasteiger partial charge in [-0.25, -0.2) is 0 Å². The van der Waals surface area contributed by atoms with Crippen LogP contribution in [-0.4, -0.2) is 33.2 Å². The molecule has 20 heavy (non-hydrogen) atoms. The lowest BCUT2D eigenvalue weighted by molar-refractivity contribution is -0.201. The lowest BCUT2D eigenvalue weighted by Crippen LogP contribution is -2.48. The van der Waals surface area contributed by atoms with Crippen LogP contribution in [0.2, 0.25) is 18.1 Å². The fraction of sp³-hybridized carbons (Fsp3) is 0.923. The predicted octanol–water partition coefficient (Wildman–Crippen LogP) is 4.28. The number of esters is 1. The molecule has 0 aromatic heterocycles. The van der Waals surface area contributed by atoms with Gasteiger partial charge >= 0.3 is 12.1 Å². The maximum absolute atomic E-state index is 13.0. The van der Waals surface area contributed by atoms with Gasteiger partial charge in [-0.1, -0.05) is 20.8 Å². The van der Waals surface area contributed by atoms with Gasteiger partial charge in [0.15, 0.2) is 8.32 Å². The van der Waals surface area contributed by atoms with Crippen LogP contribution < -0.4 is 0 Å². The molecule has 0 aliphatic heterocycles. The summed E-state index contributed by atoms with van der Waals surface area (Å²) in [5.41, 5.74) is 0. The summed E-state index contributed by atoms with van der Waals surface area (Å²) >= 11 is 0. The average Bonchev–Trinajstić information content (AvgIpc) is 2.21. The zero-order valence-corrected chi connectivity index (χ0v) is 14.1. The Kier molecular flexibility index (Phi) is 6.74. The Morgan fingerprint density at radius 3 is 2.05 bits per heavy atom. The van der Waals surface area contributed by atoms with Crippen LogP contribution in [0, 0.1) is 0 Å². The molecule has 7 heteroatoms.